The second-order valence-corrected chi connectivity index (χ2v) is 6.88. The zero-order valence-electron chi connectivity index (χ0n) is 17.5. The molecule has 3 N–H and O–H groups in total. The van der Waals surface area contributed by atoms with E-state index in [1.165, 1.54) is 0 Å². The molecule has 0 radical (unpaired) electrons. The first-order chi connectivity index (χ1) is 13.7. The van der Waals surface area contributed by atoms with Crippen molar-refractivity contribution in [2.75, 3.05) is 53.1 Å². The van der Waals surface area contributed by atoms with Crippen LogP contribution in [0.4, 0.5) is 0 Å². The number of halogens is 1. The number of hydrogen-bond acceptors (Lipinski definition) is 4. The Kier molecular flexibility index (Phi) is 13.7. The van der Waals surface area contributed by atoms with Gasteiger partial charge in [0.1, 0.15) is 0 Å². The van der Waals surface area contributed by atoms with Gasteiger partial charge in [0, 0.05) is 51.4 Å². The van der Waals surface area contributed by atoms with Gasteiger partial charge in [0.15, 0.2) is 5.96 Å². The van der Waals surface area contributed by atoms with E-state index in [4.69, 9.17) is 9.47 Å². The zero-order valence-corrected chi connectivity index (χ0v) is 19.9. The average Bonchev–Trinajstić information content (AvgIpc) is 3.23. The lowest BCUT2D eigenvalue weighted by Crippen LogP contribution is -2.38. The summed E-state index contributed by atoms with van der Waals surface area (Å²) in [5, 5.41) is 9.26. The quantitative estimate of drug-likeness (QED) is 0.181. The molecule has 1 saturated heterocycles. The minimum absolute atomic E-state index is 0. The Balaban J connectivity index is 0.00000420. The van der Waals surface area contributed by atoms with Crippen molar-refractivity contribution in [1.29, 1.82) is 0 Å². The van der Waals surface area contributed by atoms with Gasteiger partial charge in [-0.1, -0.05) is 12.1 Å². The predicted octanol–water partition coefficient (Wildman–Crippen LogP) is 2.21. The summed E-state index contributed by atoms with van der Waals surface area (Å²) in [4.78, 5) is 16.3. The van der Waals surface area contributed by atoms with Crippen LogP contribution >= 0.6 is 24.0 Å². The third-order valence-electron chi connectivity index (χ3n) is 4.56. The Bertz CT molecular complexity index is 622. The van der Waals surface area contributed by atoms with Crippen molar-refractivity contribution in [3.63, 3.8) is 0 Å². The van der Waals surface area contributed by atoms with E-state index in [1.54, 1.807) is 7.05 Å². The fourth-order valence-corrected chi connectivity index (χ4v) is 3.00. The molecule has 1 aromatic rings. The molecule has 1 aliphatic rings. The number of aliphatic imine (C=N–C) groups is 1. The van der Waals surface area contributed by atoms with Crippen molar-refractivity contribution >= 4 is 35.8 Å². The van der Waals surface area contributed by atoms with Crippen molar-refractivity contribution in [3.8, 4) is 0 Å². The number of hydrogen-bond donors (Lipinski definition) is 3. The van der Waals surface area contributed by atoms with Gasteiger partial charge in [-0.2, -0.15) is 0 Å². The second kappa shape index (κ2) is 15.4. The molecule has 1 aliphatic heterocycles. The monoisotopic (exact) mass is 518 g/mol. The minimum atomic E-state index is -0.0626. The molecule has 0 saturated carbocycles. The molecule has 164 valence electrons. The second-order valence-electron chi connectivity index (χ2n) is 6.88. The Morgan fingerprint density at radius 3 is 2.93 bits per heavy atom. The summed E-state index contributed by atoms with van der Waals surface area (Å²) >= 11 is 0. The maximum Gasteiger partial charge on any atom is 0.251 e. The van der Waals surface area contributed by atoms with Gasteiger partial charge in [0.05, 0.1) is 13.2 Å². The van der Waals surface area contributed by atoms with Crippen molar-refractivity contribution in [3.05, 3.63) is 35.4 Å². The molecule has 1 fully saturated rings. The zero-order chi connectivity index (χ0) is 20.0. The van der Waals surface area contributed by atoms with Gasteiger partial charge in [-0.3, -0.25) is 9.79 Å². The highest BCUT2D eigenvalue weighted by Gasteiger charge is 2.15. The molecule has 2 rings (SSSR count). The van der Waals surface area contributed by atoms with Crippen LogP contribution in [-0.2, 0) is 15.9 Å². The molecule has 0 aliphatic carbocycles. The van der Waals surface area contributed by atoms with Gasteiger partial charge in [-0.15, -0.1) is 24.0 Å². The van der Waals surface area contributed by atoms with Crippen LogP contribution in [0.1, 0.15) is 35.7 Å². The number of amides is 1. The number of ether oxygens (including phenoxy) is 2. The van der Waals surface area contributed by atoms with Crippen molar-refractivity contribution in [1.82, 2.24) is 16.0 Å². The van der Waals surface area contributed by atoms with Crippen LogP contribution in [0, 0.1) is 5.92 Å². The number of carbonyl (C=O) groups is 1. The van der Waals surface area contributed by atoms with Crippen molar-refractivity contribution < 1.29 is 14.3 Å². The van der Waals surface area contributed by atoms with Gasteiger partial charge >= 0.3 is 0 Å². The molecule has 1 heterocycles. The molecule has 1 aromatic carbocycles. The summed E-state index contributed by atoms with van der Waals surface area (Å²) in [6, 6.07) is 7.70. The first-order valence-electron chi connectivity index (χ1n) is 10.2. The van der Waals surface area contributed by atoms with Crippen LogP contribution in [0.25, 0.3) is 0 Å². The number of rotatable bonds is 11. The van der Waals surface area contributed by atoms with Crippen LogP contribution in [0.5, 0.6) is 0 Å². The van der Waals surface area contributed by atoms with Crippen molar-refractivity contribution in [2.45, 2.75) is 26.2 Å². The fourth-order valence-electron chi connectivity index (χ4n) is 3.00. The SMILES string of the molecule is CCNC(=NCCCOCC1CCOC1)NCCc1cccc(C(=O)NC)c1.I. The molecular formula is C21H35IN4O3. The molecule has 7 nitrogen and oxygen atoms in total. The Labute approximate surface area is 191 Å². The number of carbonyl (C=O) groups excluding carboxylic acids is 1. The van der Waals surface area contributed by atoms with E-state index in [0.717, 1.165) is 76.8 Å². The molecule has 0 aromatic heterocycles. The molecule has 29 heavy (non-hydrogen) atoms. The molecule has 1 atom stereocenters. The molecule has 0 bridgehead atoms. The van der Waals surface area contributed by atoms with Gasteiger partial charge in [0.25, 0.3) is 5.91 Å². The molecule has 1 amide bonds. The highest BCUT2D eigenvalue weighted by atomic mass is 127. The van der Waals surface area contributed by atoms with E-state index in [9.17, 15) is 4.79 Å². The van der Waals surface area contributed by atoms with Gasteiger partial charge in [-0.05, 0) is 43.9 Å². The normalized spacial score (nSPS) is 16.2. The lowest BCUT2D eigenvalue weighted by atomic mass is 10.1. The Morgan fingerprint density at radius 2 is 2.21 bits per heavy atom. The van der Waals surface area contributed by atoms with Crippen LogP contribution < -0.4 is 16.0 Å². The van der Waals surface area contributed by atoms with E-state index in [-0.39, 0.29) is 29.9 Å². The largest absolute Gasteiger partial charge is 0.381 e. The number of guanidine groups is 1. The molecular weight excluding hydrogens is 483 g/mol. The van der Waals surface area contributed by atoms with Crippen LogP contribution in [0.2, 0.25) is 0 Å². The summed E-state index contributed by atoms with van der Waals surface area (Å²) < 4.78 is 11.1. The standard InChI is InChI=1S/C21H34N4O3.HI/c1-3-23-21(24-10-5-12-27-15-18-9-13-28-16-18)25-11-8-17-6-4-7-19(14-17)20(26)22-2;/h4,6-7,14,18H,3,5,8-13,15-16H2,1-2H3,(H,22,26)(H2,23,24,25);1H. The highest BCUT2D eigenvalue weighted by Crippen LogP contribution is 2.12. The van der Waals surface area contributed by atoms with E-state index < -0.39 is 0 Å². The third-order valence-corrected chi connectivity index (χ3v) is 4.56. The number of benzene rings is 1. The van der Waals surface area contributed by atoms with Gasteiger partial charge < -0.3 is 25.4 Å². The number of nitrogens with zero attached hydrogens (tertiary/aromatic N) is 1. The van der Waals surface area contributed by atoms with Crippen LogP contribution in [0.15, 0.2) is 29.3 Å². The maximum absolute atomic E-state index is 11.7. The molecule has 0 spiro atoms. The number of nitrogens with one attached hydrogen (secondary N) is 3. The van der Waals surface area contributed by atoms with Gasteiger partial charge in [0.2, 0.25) is 0 Å². The summed E-state index contributed by atoms with van der Waals surface area (Å²) in [6.07, 6.45) is 2.83. The summed E-state index contributed by atoms with van der Waals surface area (Å²) in [5.41, 5.74) is 1.80. The maximum atomic E-state index is 11.7. The summed E-state index contributed by atoms with van der Waals surface area (Å²) in [6.45, 7) is 7.56. The smallest absolute Gasteiger partial charge is 0.251 e. The Hall–Kier alpha value is -1.39. The minimum Gasteiger partial charge on any atom is -0.381 e. The van der Waals surface area contributed by atoms with E-state index in [0.29, 0.717) is 11.5 Å². The lowest BCUT2D eigenvalue weighted by molar-refractivity contribution is 0.0893. The first-order valence-corrected chi connectivity index (χ1v) is 10.2. The first kappa shape index (κ1) is 25.6. The predicted molar refractivity (Wildman–Crippen MR) is 127 cm³/mol. The van der Waals surface area contributed by atoms with E-state index >= 15 is 0 Å². The summed E-state index contributed by atoms with van der Waals surface area (Å²) in [7, 11) is 1.64. The molecule has 8 heteroatoms. The Morgan fingerprint density at radius 1 is 1.34 bits per heavy atom. The van der Waals surface area contributed by atoms with Crippen molar-refractivity contribution in [2.24, 2.45) is 10.9 Å². The van der Waals surface area contributed by atoms with E-state index in [1.807, 2.05) is 24.3 Å². The van der Waals surface area contributed by atoms with Gasteiger partial charge in [-0.25, -0.2) is 0 Å². The highest BCUT2D eigenvalue weighted by molar-refractivity contribution is 14.0. The summed E-state index contributed by atoms with van der Waals surface area (Å²) in [5.74, 6) is 1.31. The third kappa shape index (κ3) is 10.3. The average molecular weight is 518 g/mol. The molecule has 1 unspecified atom stereocenters. The van der Waals surface area contributed by atoms with Crippen LogP contribution in [0.3, 0.4) is 0 Å². The van der Waals surface area contributed by atoms with Crippen LogP contribution in [-0.4, -0.2) is 65.0 Å². The fraction of sp³-hybridized carbons (Fsp3) is 0.619. The lowest BCUT2D eigenvalue weighted by Gasteiger charge is -2.12. The van der Waals surface area contributed by atoms with E-state index in [2.05, 4.69) is 27.9 Å². The topological polar surface area (TPSA) is 84.0 Å².